The van der Waals surface area contributed by atoms with E-state index in [2.05, 4.69) is 6.92 Å². The van der Waals surface area contributed by atoms with Gasteiger partial charge in [-0.3, -0.25) is 0 Å². The van der Waals surface area contributed by atoms with Gasteiger partial charge in [0.25, 0.3) is 8.25 Å². The maximum atomic E-state index is 8.70. The molecule has 0 aliphatic heterocycles. The summed E-state index contributed by atoms with van der Waals surface area (Å²) in [6.45, 7) is 2.23. The Morgan fingerprint density at radius 3 is 0.957 bits per heavy atom. The van der Waals surface area contributed by atoms with Gasteiger partial charge in [0.05, 0.1) is 0 Å². The van der Waals surface area contributed by atoms with Gasteiger partial charge in [0.15, 0.2) is 0 Å². The van der Waals surface area contributed by atoms with Crippen molar-refractivity contribution in [1.29, 1.82) is 0 Å². The molecule has 1 unspecified atom stereocenters. The van der Waals surface area contributed by atoms with Crippen molar-refractivity contribution in [2.75, 3.05) is 0 Å². The van der Waals surface area contributed by atoms with E-state index in [1.54, 1.807) is 22.5 Å². The molecule has 17 heteroatoms. The maximum Gasteiger partial charge on any atom is 0.692 e. The standard InChI is InChI=1S/C4H9.2CH4.4HO3P.Sn/c1-3-4-2;;;4*1-4(2)3;/h1,3-4H2,2H3;2*1H4;2*(H-,1,2,3);2*(H,1,2,3);/q;;;;;;;+3/p+1. The number of hydrogen-bond donors (Lipinski definition) is 5. The average Bonchev–Trinajstić information content (AvgIpc) is 2.14. The minimum absolute atomic E-state index is 0. The van der Waals surface area contributed by atoms with Crippen LogP contribution in [0.1, 0.15) is 34.6 Å². The Bertz CT molecular complexity index is 212. The third-order valence-corrected chi connectivity index (χ3v) is 1.54. The van der Waals surface area contributed by atoms with Gasteiger partial charge < -0.3 is 14.7 Å². The second kappa shape index (κ2) is 43.4. The zero-order chi connectivity index (χ0) is 18.4. The largest absolute Gasteiger partial charge is 0.692 e. The van der Waals surface area contributed by atoms with Crippen molar-refractivity contribution in [1.82, 2.24) is 0 Å². The molecule has 0 aromatic rings. The summed E-state index contributed by atoms with van der Waals surface area (Å²) in [5, 5.41) is 0. The van der Waals surface area contributed by atoms with Crippen LogP contribution < -0.4 is 14.7 Å². The first-order valence-corrected chi connectivity index (χ1v) is 10.9. The van der Waals surface area contributed by atoms with Gasteiger partial charge in [-0.15, -0.1) is 19.6 Å². The van der Waals surface area contributed by atoms with E-state index in [0.717, 1.165) is 0 Å². The molecule has 23 heavy (non-hydrogen) atoms. The molecular formula is C6H22O12P4Sn+4. The van der Waals surface area contributed by atoms with Crippen molar-refractivity contribution in [3.05, 3.63) is 0 Å². The van der Waals surface area contributed by atoms with Gasteiger partial charge in [0.2, 0.25) is 0 Å². The Morgan fingerprint density at radius 2 is 0.957 bits per heavy atom. The van der Waals surface area contributed by atoms with Crippen molar-refractivity contribution >= 4 is 55.5 Å². The minimum atomic E-state index is -3.37. The summed E-state index contributed by atoms with van der Waals surface area (Å²) in [6.07, 6.45) is 2.80. The van der Waals surface area contributed by atoms with E-state index in [0.29, 0.717) is 0 Å². The molecule has 0 aromatic carbocycles. The molecule has 0 spiro atoms. The predicted molar refractivity (Wildman–Crippen MR) is 80.5 cm³/mol. The Morgan fingerprint density at radius 1 is 0.826 bits per heavy atom. The van der Waals surface area contributed by atoms with Crippen LogP contribution >= 0.6 is 33.0 Å². The fraction of sp³-hybridized carbons (Fsp3) is 1.00. The molecule has 0 amide bonds. The molecular weight excluding hydrogens is 507 g/mol. The topological polar surface area (TPSA) is 239 Å². The SMILES string of the molecule is C.C.CCC[CH2][Sn+3].O=[P+](O)O.O=[P+](O)O.O=[P+]([O-])O.O=[P+]([O-])[O-]. The van der Waals surface area contributed by atoms with Crippen molar-refractivity contribution in [2.24, 2.45) is 0 Å². The Balaban J connectivity index is -0.0000000273. The van der Waals surface area contributed by atoms with Crippen molar-refractivity contribution < 1.29 is 57.4 Å². The monoisotopic (exact) mass is 530 g/mol. The molecule has 0 aliphatic rings. The predicted octanol–water partition coefficient (Wildman–Crippen LogP) is -0.737. The quantitative estimate of drug-likeness (QED) is 0.220. The van der Waals surface area contributed by atoms with Crippen LogP contribution in [-0.4, -0.2) is 47.0 Å². The summed E-state index contributed by atoms with van der Waals surface area (Å²) in [5.74, 6) is 0. The summed E-state index contributed by atoms with van der Waals surface area (Å²) in [5.41, 5.74) is 0. The fourth-order valence-corrected chi connectivity index (χ4v) is 1.19. The molecule has 0 rings (SSSR count). The van der Waals surface area contributed by atoms with Crippen LogP contribution in [0, 0.1) is 0 Å². The first kappa shape index (κ1) is 43.9. The second-order valence-electron chi connectivity index (χ2n) is 2.07. The first-order chi connectivity index (χ1) is 9.34. The van der Waals surface area contributed by atoms with E-state index < -0.39 is 33.0 Å². The van der Waals surface area contributed by atoms with Gasteiger partial charge in [-0.25, -0.2) is 0 Å². The van der Waals surface area contributed by atoms with Gasteiger partial charge >= 0.3 is 71.5 Å². The smallest absolute Gasteiger partial charge is 0.598 e. The molecule has 0 aliphatic carbocycles. The maximum absolute atomic E-state index is 8.70. The molecule has 0 radical (unpaired) electrons. The van der Waals surface area contributed by atoms with E-state index in [1.807, 2.05) is 0 Å². The minimum Gasteiger partial charge on any atom is -0.598 e. The third-order valence-electron chi connectivity index (χ3n) is 0.530. The first-order valence-electron chi connectivity index (χ1n) is 4.34. The molecule has 0 bridgehead atoms. The van der Waals surface area contributed by atoms with Crippen molar-refractivity contribution in [3.63, 3.8) is 0 Å². The number of rotatable bonds is 2. The molecule has 0 saturated heterocycles. The zero-order valence-corrected chi connectivity index (χ0v) is 16.9. The van der Waals surface area contributed by atoms with Crippen LogP contribution in [0.4, 0.5) is 0 Å². The second-order valence-corrected chi connectivity index (χ2v) is 5.43. The number of unbranched alkanes of at least 4 members (excludes halogenated alkanes) is 1. The normalized spacial score (nSPS) is 7.17. The van der Waals surface area contributed by atoms with E-state index in [1.165, 1.54) is 17.3 Å². The molecule has 0 heterocycles. The van der Waals surface area contributed by atoms with Crippen LogP contribution in [0.2, 0.25) is 4.44 Å². The van der Waals surface area contributed by atoms with Crippen molar-refractivity contribution in [2.45, 2.75) is 39.1 Å². The van der Waals surface area contributed by atoms with E-state index in [-0.39, 0.29) is 14.9 Å². The zero-order valence-electron chi connectivity index (χ0n) is 10.5. The summed E-state index contributed by atoms with van der Waals surface area (Å²) in [6, 6.07) is 0. The van der Waals surface area contributed by atoms with E-state index >= 15 is 0 Å². The average molecular weight is 529 g/mol. The third kappa shape index (κ3) is 1200. The van der Waals surface area contributed by atoms with Crippen LogP contribution in [0.15, 0.2) is 0 Å². The Labute approximate surface area is 152 Å². The molecule has 138 valence electrons. The van der Waals surface area contributed by atoms with E-state index in [4.69, 9.17) is 57.4 Å². The molecule has 0 fully saturated rings. The Hall–Kier alpha value is 0.879. The molecule has 1 atom stereocenters. The summed E-state index contributed by atoms with van der Waals surface area (Å²) < 4.78 is 35.9. The molecule has 12 nitrogen and oxygen atoms in total. The Kier molecular flexibility index (Phi) is 82.9. The molecule has 0 aromatic heterocycles. The molecule has 5 N–H and O–H groups in total. The van der Waals surface area contributed by atoms with Gasteiger partial charge in [0, 0.05) is 9.13 Å². The fourth-order valence-electron chi connectivity index (χ4n) is 0.177. The van der Waals surface area contributed by atoms with E-state index in [9.17, 15) is 0 Å². The van der Waals surface area contributed by atoms with Gasteiger partial charge in [-0.1, -0.05) is 19.4 Å². The molecule has 0 saturated carbocycles. The van der Waals surface area contributed by atoms with Gasteiger partial charge in [0.1, 0.15) is 0 Å². The van der Waals surface area contributed by atoms with Crippen LogP contribution in [0.25, 0.3) is 0 Å². The van der Waals surface area contributed by atoms with Gasteiger partial charge in [-0.2, -0.15) is 4.89 Å². The van der Waals surface area contributed by atoms with Crippen LogP contribution in [-0.2, 0) is 18.3 Å². The van der Waals surface area contributed by atoms with Gasteiger partial charge in [-0.05, 0) is 4.57 Å². The van der Waals surface area contributed by atoms with Crippen molar-refractivity contribution in [3.8, 4) is 0 Å². The summed E-state index contributed by atoms with van der Waals surface area (Å²) in [7, 11) is -12.2. The van der Waals surface area contributed by atoms with Crippen LogP contribution in [0.5, 0.6) is 0 Å². The van der Waals surface area contributed by atoms with Crippen LogP contribution in [0.3, 0.4) is 0 Å². The number of hydrogen-bond acceptors (Lipinski definition) is 7. The summed E-state index contributed by atoms with van der Waals surface area (Å²) in [4.78, 5) is 61.0. The summed E-state index contributed by atoms with van der Waals surface area (Å²) >= 11 is 1.68.